The second kappa shape index (κ2) is 4.21. The highest BCUT2D eigenvalue weighted by molar-refractivity contribution is 7.49. The molecule has 0 aromatic rings. The minimum Gasteiger partial charge on any atom is -0.394 e. The van der Waals surface area contributed by atoms with E-state index in [-0.39, 0.29) is 0 Å². The van der Waals surface area contributed by atoms with Gasteiger partial charge in [0.15, 0.2) is 6.29 Å². The van der Waals surface area contributed by atoms with Gasteiger partial charge in [-0.2, -0.15) is 0 Å². The van der Waals surface area contributed by atoms with E-state index in [1.807, 2.05) is 0 Å². The fraction of sp³-hybridized carbons (Fsp3) is 1.00. The van der Waals surface area contributed by atoms with Gasteiger partial charge in [-0.25, -0.2) is 9.65 Å². The average Bonchev–Trinajstić information content (AvgIpc) is 2.30. The molecule has 9 heteroatoms. The highest BCUT2D eigenvalue weighted by atomic mass is 31.2. The van der Waals surface area contributed by atoms with E-state index in [0.717, 1.165) is 0 Å². The summed E-state index contributed by atoms with van der Waals surface area (Å²) >= 11 is 0. The van der Waals surface area contributed by atoms with Gasteiger partial charge in [0.05, 0.1) is 12.6 Å². The fourth-order valence-electron chi connectivity index (χ4n) is 1.25. The van der Waals surface area contributed by atoms with Crippen molar-refractivity contribution in [3.05, 3.63) is 0 Å². The van der Waals surface area contributed by atoms with Gasteiger partial charge in [-0.15, -0.1) is 0 Å². The SMILES string of the molecule is O=P(O)(O)NC1C(O)[C@H](O)O[C@@H]1CO. The second-order valence-corrected chi connectivity index (χ2v) is 4.28. The molecule has 0 radical (unpaired) electrons. The maximum Gasteiger partial charge on any atom is 0.400 e. The van der Waals surface area contributed by atoms with Crippen LogP contribution in [-0.2, 0) is 9.30 Å². The molecule has 14 heavy (non-hydrogen) atoms. The van der Waals surface area contributed by atoms with Crippen LogP contribution in [0, 0.1) is 0 Å². The Morgan fingerprint density at radius 2 is 1.93 bits per heavy atom. The topological polar surface area (TPSA) is 139 Å². The Kier molecular flexibility index (Phi) is 3.62. The van der Waals surface area contributed by atoms with Crippen LogP contribution in [0.15, 0.2) is 0 Å². The lowest BCUT2D eigenvalue weighted by atomic mass is 10.1. The van der Waals surface area contributed by atoms with Crippen molar-refractivity contribution >= 4 is 7.75 Å². The number of aliphatic hydroxyl groups excluding tert-OH is 3. The molecule has 0 aliphatic carbocycles. The van der Waals surface area contributed by atoms with Crippen molar-refractivity contribution in [3.63, 3.8) is 0 Å². The third-order valence-electron chi connectivity index (χ3n) is 1.87. The predicted molar refractivity (Wildman–Crippen MR) is 42.9 cm³/mol. The van der Waals surface area contributed by atoms with Crippen LogP contribution in [0.3, 0.4) is 0 Å². The average molecular weight is 229 g/mol. The molecule has 0 amide bonds. The van der Waals surface area contributed by atoms with E-state index in [9.17, 15) is 9.67 Å². The Balaban J connectivity index is 2.69. The van der Waals surface area contributed by atoms with Gasteiger partial charge in [-0.05, 0) is 0 Å². The van der Waals surface area contributed by atoms with Crippen molar-refractivity contribution in [2.24, 2.45) is 0 Å². The van der Waals surface area contributed by atoms with Gasteiger partial charge in [0.25, 0.3) is 0 Å². The number of hydrogen-bond donors (Lipinski definition) is 6. The molecule has 84 valence electrons. The molecule has 1 heterocycles. The van der Waals surface area contributed by atoms with Crippen molar-refractivity contribution in [2.45, 2.75) is 24.5 Å². The van der Waals surface area contributed by atoms with Gasteiger partial charge in [0.2, 0.25) is 0 Å². The Labute approximate surface area is 79.3 Å². The molecular weight excluding hydrogens is 217 g/mol. The van der Waals surface area contributed by atoms with Crippen molar-refractivity contribution in [1.29, 1.82) is 0 Å². The Morgan fingerprint density at radius 3 is 2.36 bits per heavy atom. The molecule has 0 bridgehead atoms. The summed E-state index contributed by atoms with van der Waals surface area (Å²) in [5, 5.41) is 28.7. The second-order valence-electron chi connectivity index (χ2n) is 2.94. The summed E-state index contributed by atoms with van der Waals surface area (Å²) in [5.41, 5.74) is 0. The third-order valence-corrected chi connectivity index (χ3v) is 2.51. The summed E-state index contributed by atoms with van der Waals surface area (Å²) in [4.78, 5) is 17.1. The smallest absolute Gasteiger partial charge is 0.394 e. The van der Waals surface area contributed by atoms with E-state index in [1.165, 1.54) is 0 Å². The summed E-state index contributed by atoms with van der Waals surface area (Å²) in [5.74, 6) is 0. The van der Waals surface area contributed by atoms with E-state index in [2.05, 4.69) is 4.74 Å². The minimum absolute atomic E-state index is 0.564. The number of rotatable bonds is 3. The standard InChI is InChI=1S/C5H12NO7P/c7-1-2-3(6-14(10,11)12)4(8)5(9)13-2/h2-5,7-9H,1H2,(H3,6,10,11,12)/t2-,3?,4?,5-/m1/s1. The molecule has 1 aliphatic heterocycles. The van der Waals surface area contributed by atoms with Crippen LogP contribution < -0.4 is 5.09 Å². The molecule has 1 fully saturated rings. The monoisotopic (exact) mass is 229 g/mol. The third kappa shape index (κ3) is 2.72. The first-order valence-corrected chi connectivity index (χ1v) is 5.42. The Hall–Kier alpha value is -0.0500. The molecule has 0 aromatic carbocycles. The molecule has 6 N–H and O–H groups in total. The van der Waals surface area contributed by atoms with Crippen molar-refractivity contribution in [2.75, 3.05) is 6.61 Å². The van der Waals surface area contributed by atoms with Crippen LogP contribution in [0.25, 0.3) is 0 Å². The molecule has 8 nitrogen and oxygen atoms in total. The van der Waals surface area contributed by atoms with Crippen molar-refractivity contribution in [1.82, 2.24) is 5.09 Å². The highest BCUT2D eigenvalue weighted by Crippen LogP contribution is 2.33. The van der Waals surface area contributed by atoms with Gasteiger partial charge >= 0.3 is 7.75 Å². The predicted octanol–water partition coefficient (Wildman–Crippen LogP) is -2.89. The van der Waals surface area contributed by atoms with E-state index < -0.39 is 38.9 Å². The molecule has 2 unspecified atom stereocenters. The molecule has 4 atom stereocenters. The molecule has 1 aliphatic rings. The number of hydrogen-bond acceptors (Lipinski definition) is 5. The van der Waals surface area contributed by atoms with Crippen LogP contribution in [0.2, 0.25) is 0 Å². The molecule has 1 saturated heterocycles. The highest BCUT2D eigenvalue weighted by Gasteiger charge is 2.44. The zero-order valence-electron chi connectivity index (χ0n) is 7.02. The molecule has 0 saturated carbocycles. The van der Waals surface area contributed by atoms with Crippen molar-refractivity contribution < 1.29 is 34.4 Å². The number of ether oxygens (including phenoxy) is 1. The maximum absolute atomic E-state index is 10.6. The summed E-state index contributed by atoms with van der Waals surface area (Å²) in [6, 6.07) is -1.20. The van der Waals surface area contributed by atoms with Crippen LogP contribution in [-0.4, -0.2) is 56.3 Å². The normalized spacial score (nSPS) is 38.9. The number of nitrogens with one attached hydrogen (secondary N) is 1. The van der Waals surface area contributed by atoms with E-state index in [1.54, 1.807) is 5.09 Å². The first-order chi connectivity index (χ1) is 6.35. The quantitative estimate of drug-likeness (QED) is 0.283. The van der Waals surface area contributed by atoms with Gasteiger partial charge in [0, 0.05) is 0 Å². The Morgan fingerprint density at radius 1 is 1.36 bits per heavy atom. The van der Waals surface area contributed by atoms with Gasteiger partial charge in [-0.3, -0.25) is 0 Å². The lowest BCUT2D eigenvalue weighted by molar-refractivity contribution is -0.132. The summed E-state index contributed by atoms with van der Waals surface area (Å²) in [6.45, 7) is -0.564. The van der Waals surface area contributed by atoms with Crippen molar-refractivity contribution in [3.8, 4) is 0 Å². The van der Waals surface area contributed by atoms with E-state index >= 15 is 0 Å². The first-order valence-electron chi connectivity index (χ1n) is 3.81. The van der Waals surface area contributed by atoms with E-state index in [4.69, 9.17) is 20.0 Å². The lowest BCUT2D eigenvalue weighted by Crippen LogP contribution is -2.44. The lowest BCUT2D eigenvalue weighted by Gasteiger charge is -2.20. The Bertz CT molecular complexity index is 242. The molecule has 0 spiro atoms. The zero-order valence-corrected chi connectivity index (χ0v) is 7.91. The summed E-state index contributed by atoms with van der Waals surface area (Å²) in [6.07, 6.45) is -4.09. The van der Waals surface area contributed by atoms with Gasteiger partial charge in [0.1, 0.15) is 12.2 Å². The molecule has 1 rings (SSSR count). The van der Waals surface area contributed by atoms with Crippen LogP contribution in [0.5, 0.6) is 0 Å². The van der Waals surface area contributed by atoms with Crippen LogP contribution in [0.1, 0.15) is 0 Å². The van der Waals surface area contributed by atoms with Crippen LogP contribution >= 0.6 is 7.75 Å². The minimum atomic E-state index is -4.54. The molecule has 0 aromatic heterocycles. The first kappa shape index (κ1) is 12.0. The van der Waals surface area contributed by atoms with E-state index in [0.29, 0.717) is 0 Å². The van der Waals surface area contributed by atoms with Crippen LogP contribution in [0.4, 0.5) is 0 Å². The number of aliphatic hydroxyl groups is 3. The fourth-order valence-corrected chi connectivity index (χ4v) is 1.96. The maximum atomic E-state index is 10.6. The zero-order chi connectivity index (χ0) is 10.9. The largest absolute Gasteiger partial charge is 0.400 e. The van der Waals surface area contributed by atoms with Gasteiger partial charge in [-0.1, -0.05) is 0 Å². The summed E-state index contributed by atoms with van der Waals surface area (Å²) < 4.78 is 15.2. The molecular formula is C5H12NO7P. The summed E-state index contributed by atoms with van der Waals surface area (Å²) in [7, 11) is -4.54. The van der Waals surface area contributed by atoms with Gasteiger partial charge < -0.3 is 29.8 Å².